The van der Waals surface area contributed by atoms with Gasteiger partial charge in [0.25, 0.3) is 0 Å². The summed E-state index contributed by atoms with van der Waals surface area (Å²) >= 11 is 12.2. The minimum absolute atomic E-state index is 0.285. The minimum Gasteiger partial charge on any atom is -0.376 e. The molecular weight excluding hydrogens is 279 g/mol. The van der Waals surface area contributed by atoms with Crippen LogP contribution in [0.15, 0.2) is 30.5 Å². The van der Waals surface area contributed by atoms with Crippen LogP contribution in [0.5, 0.6) is 0 Å². The predicted molar refractivity (Wildman–Crippen MR) is 80.1 cm³/mol. The molecule has 1 N–H and O–H groups in total. The standard InChI is InChI=1S/C15H14Cl2N2/c1-9-6-7-18-15(17)14(9)19-13-5-2-10-8-11(16)3-4-12(10)13/h3-4,6-8,13,19H,2,5H2,1H3. The molecule has 0 aliphatic heterocycles. The molecule has 4 heteroatoms. The van der Waals surface area contributed by atoms with Crippen molar-refractivity contribution in [2.24, 2.45) is 0 Å². The molecule has 1 unspecified atom stereocenters. The first-order valence-corrected chi connectivity index (χ1v) is 7.06. The number of hydrogen-bond donors (Lipinski definition) is 1. The van der Waals surface area contributed by atoms with E-state index in [0.29, 0.717) is 5.15 Å². The van der Waals surface area contributed by atoms with E-state index in [1.165, 1.54) is 11.1 Å². The zero-order valence-electron chi connectivity index (χ0n) is 10.6. The highest BCUT2D eigenvalue weighted by Gasteiger charge is 2.23. The molecule has 0 spiro atoms. The normalized spacial score (nSPS) is 17.3. The fraction of sp³-hybridized carbons (Fsp3) is 0.267. The van der Waals surface area contributed by atoms with Gasteiger partial charge in [-0.05, 0) is 54.7 Å². The third kappa shape index (κ3) is 2.43. The second-order valence-electron chi connectivity index (χ2n) is 4.87. The maximum atomic E-state index is 6.17. The molecule has 1 aliphatic carbocycles. The second-order valence-corrected chi connectivity index (χ2v) is 5.67. The summed E-state index contributed by atoms with van der Waals surface area (Å²) in [5.41, 5.74) is 4.67. The third-order valence-electron chi connectivity index (χ3n) is 3.61. The average Bonchev–Trinajstić information content (AvgIpc) is 2.76. The predicted octanol–water partition coefficient (Wildman–Crippen LogP) is 4.80. The summed E-state index contributed by atoms with van der Waals surface area (Å²) in [5, 5.41) is 4.85. The van der Waals surface area contributed by atoms with Crippen molar-refractivity contribution in [2.45, 2.75) is 25.8 Å². The van der Waals surface area contributed by atoms with Crippen molar-refractivity contribution < 1.29 is 0 Å². The van der Waals surface area contributed by atoms with Crippen LogP contribution in [0.4, 0.5) is 5.69 Å². The summed E-state index contributed by atoms with van der Waals surface area (Å²) < 4.78 is 0. The molecule has 98 valence electrons. The Bertz CT molecular complexity index is 605. The van der Waals surface area contributed by atoms with Crippen molar-refractivity contribution in [3.05, 3.63) is 57.3 Å². The number of halogens is 2. The lowest BCUT2D eigenvalue weighted by atomic mass is 10.1. The van der Waals surface area contributed by atoms with Gasteiger partial charge in [0.05, 0.1) is 11.7 Å². The van der Waals surface area contributed by atoms with Crippen LogP contribution in [-0.2, 0) is 6.42 Å². The van der Waals surface area contributed by atoms with Gasteiger partial charge in [-0.2, -0.15) is 0 Å². The number of nitrogens with zero attached hydrogens (tertiary/aromatic N) is 1. The summed E-state index contributed by atoms with van der Waals surface area (Å²) in [4.78, 5) is 4.13. The number of hydrogen-bond acceptors (Lipinski definition) is 2. The van der Waals surface area contributed by atoms with E-state index in [1.54, 1.807) is 6.20 Å². The fourth-order valence-corrected chi connectivity index (χ4v) is 3.06. The van der Waals surface area contributed by atoms with Gasteiger partial charge in [-0.3, -0.25) is 0 Å². The highest BCUT2D eigenvalue weighted by Crippen LogP contribution is 2.37. The van der Waals surface area contributed by atoms with Gasteiger partial charge in [-0.1, -0.05) is 29.3 Å². The van der Waals surface area contributed by atoms with Crippen LogP contribution in [-0.4, -0.2) is 4.98 Å². The minimum atomic E-state index is 0.285. The van der Waals surface area contributed by atoms with Gasteiger partial charge in [0.15, 0.2) is 5.15 Å². The van der Waals surface area contributed by atoms with Crippen molar-refractivity contribution in [2.75, 3.05) is 5.32 Å². The smallest absolute Gasteiger partial charge is 0.152 e. The van der Waals surface area contributed by atoms with Crippen LogP contribution >= 0.6 is 23.2 Å². The number of rotatable bonds is 2. The van der Waals surface area contributed by atoms with Crippen LogP contribution in [0, 0.1) is 6.92 Å². The zero-order valence-corrected chi connectivity index (χ0v) is 12.1. The summed E-state index contributed by atoms with van der Waals surface area (Å²) in [7, 11) is 0. The largest absolute Gasteiger partial charge is 0.376 e. The van der Waals surface area contributed by atoms with Crippen molar-refractivity contribution in [3.8, 4) is 0 Å². The van der Waals surface area contributed by atoms with Crippen LogP contribution in [0.25, 0.3) is 0 Å². The maximum Gasteiger partial charge on any atom is 0.152 e. The first kappa shape index (κ1) is 12.8. The SMILES string of the molecule is Cc1ccnc(Cl)c1NC1CCc2cc(Cl)ccc21. The molecule has 0 bridgehead atoms. The lowest BCUT2D eigenvalue weighted by Crippen LogP contribution is -2.09. The van der Waals surface area contributed by atoms with Gasteiger partial charge < -0.3 is 5.32 Å². The highest BCUT2D eigenvalue weighted by molar-refractivity contribution is 6.32. The zero-order chi connectivity index (χ0) is 13.4. The van der Waals surface area contributed by atoms with E-state index in [-0.39, 0.29) is 6.04 Å². The van der Waals surface area contributed by atoms with Gasteiger partial charge in [0.2, 0.25) is 0 Å². The molecule has 2 aromatic rings. The van der Waals surface area contributed by atoms with Gasteiger partial charge in [0.1, 0.15) is 0 Å². The fourth-order valence-electron chi connectivity index (χ4n) is 2.61. The van der Waals surface area contributed by atoms with Gasteiger partial charge >= 0.3 is 0 Å². The van der Waals surface area contributed by atoms with Crippen LogP contribution in [0.1, 0.15) is 29.2 Å². The Morgan fingerprint density at radius 1 is 1.26 bits per heavy atom. The summed E-state index contributed by atoms with van der Waals surface area (Å²) in [6.45, 7) is 2.04. The molecule has 1 aromatic heterocycles. The summed E-state index contributed by atoms with van der Waals surface area (Å²) in [5.74, 6) is 0. The molecule has 0 amide bonds. The topological polar surface area (TPSA) is 24.9 Å². The van der Waals surface area contributed by atoms with Crippen LogP contribution < -0.4 is 5.32 Å². The number of aromatic nitrogens is 1. The van der Waals surface area contributed by atoms with Crippen molar-refractivity contribution in [1.82, 2.24) is 4.98 Å². The molecule has 19 heavy (non-hydrogen) atoms. The first-order valence-electron chi connectivity index (χ1n) is 6.31. The quantitative estimate of drug-likeness (QED) is 0.805. The number of fused-ring (bicyclic) bond motifs is 1. The van der Waals surface area contributed by atoms with E-state index in [4.69, 9.17) is 23.2 Å². The van der Waals surface area contributed by atoms with E-state index in [1.807, 2.05) is 19.1 Å². The van der Waals surface area contributed by atoms with Gasteiger partial charge in [0, 0.05) is 11.2 Å². The van der Waals surface area contributed by atoms with E-state index in [9.17, 15) is 0 Å². The number of anilines is 1. The number of aryl methyl sites for hydroxylation is 2. The Kier molecular flexibility index (Phi) is 3.38. The Labute approximate surface area is 122 Å². The van der Waals surface area contributed by atoms with Crippen molar-refractivity contribution >= 4 is 28.9 Å². The van der Waals surface area contributed by atoms with E-state index in [0.717, 1.165) is 29.1 Å². The van der Waals surface area contributed by atoms with E-state index in [2.05, 4.69) is 22.4 Å². The van der Waals surface area contributed by atoms with Gasteiger partial charge in [-0.25, -0.2) is 4.98 Å². The van der Waals surface area contributed by atoms with Crippen LogP contribution in [0.2, 0.25) is 10.2 Å². The molecule has 0 saturated carbocycles. The Balaban J connectivity index is 1.91. The lowest BCUT2D eigenvalue weighted by molar-refractivity contribution is 0.760. The van der Waals surface area contributed by atoms with E-state index < -0.39 is 0 Å². The van der Waals surface area contributed by atoms with Gasteiger partial charge in [-0.15, -0.1) is 0 Å². The molecule has 0 fully saturated rings. The molecule has 0 radical (unpaired) electrons. The first-order chi connectivity index (χ1) is 9.15. The second kappa shape index (κ2) is 5.03. The molecule has 3 rings (SSSR count). The summed E-state index contributed by atoms with van der Waals surface area (Å²) in [6, 6.07) is 8.34. The molecular formula is C15H14Cl2N2. The third-order valence-corrected chi connectivity index (χ3v) is 4.14. The molecule has 1 heterocycles. The average molecular weight is 293 g/mol. The van der Waals surface area contributed by atoms with E-state index >= 15 is 0 Å². The Morgan fingerprint density at radius 2 is 2.11 bits per heavy atom. The number of nitrogens with one attached hydrogen (secondary N) is 1. The molecule has 0 saturated heterocycles. The van der Waals surface area contributed by atoms with Crippen LogP contribution in [0.3, 0.4) is 0 Å². The number of benzene rings is 1. The Hall–Kier alpha value is -1.25. The van der Waals surface area contributed by atoms with Crippen molar-refractivity contribution in [1.29, 1.82) is 0 Å². The molecule has 1 atom stereocenters. The summed E-state index contributed by atoms with van der Waals surface area (Å²) in [6.07, 6.45) is 3.83. The van der Waals surface area contributed by atoms with Crippen molar-refractivity contribution in [3.63, 3.8) is 0 Å². The maximum absolute atomic E-state index is 6.17. The molecule has 1 aliphatic rings. The Morgan fingerprint density at radius 3 is 2.89 bits per heavy atom. The monoisotopic (exact) mass is 292 g/mol. The molecule has 2 nitrogen and oxygen atoms in total. The number of pyridine rings is 1. The molecule has 1 aromatic carbocycles. The lowest BCUT2D eigenvalue weighted by Gasteiger charge is -2.18. The highest BCUT2D eigenvalue weighted by atomic mass is 35.5.